The van der Waals surface area contributed by atoms with E-state index in [0.29, 0.717) is 23.1 Å². The molecule has 0 bridgehead atoms. The van der Waals surface area contributed by atoms with Crippen LogP contribution in [0.2, 0.25) is 0 Å². The lowest BCUT2D eigenvalue weighted by molar-refractivity contribution is -0.126. The van der Waals surface area contributed by atoms with E-state index in [9.17, 15) is 14.4 Å². The fourth-order valence-electron chi connectivity index (χ4n) is 4.05. The van der Waals surface area contributed by atoms with Gasteiger partial charge in [-0.2, -0.15) is 0 Å². The third kappa shape index (κ3) is 4.42. The number of para-hydroxylation sites is 1. The number of anilines is 1. The number of likely N-dealkylation sites (N-methyl/N-ethyl adjacent to an activating group) is 1. The minimum absolute atomic E-state index is 0.0696. The number of amides is 1. The van der Waals surface area contributed by atoms with Crippen LogP contribution in [-0.2, 0) is 22.5 Å². The third-order valence-corrected chi connectivity index (χ3v) is 5.91. The largest absolute Gasteiger partial charge is 0.449 e. The van der Waals surface area contributed by atoms with Crippen LogP contribution < -0.4 is 10.5 Å². The zero-order chi connectivity index (χ0) is 22.7. The van der Waals surface area contributed by atoms with Gasteiger partial charge in [0.2, 0.25) is 0 Å². The Labute approximate surface area is 186 Å². The summed E-state index contributed by atoms with van der Waals surface area (Å²) in [6.45, 7) is 2.23. The van der Waals surface area contributed by atoms with Crippen LogP contribution in [0.25, 0.3) is 10.9 Å². The monoisotopic (exact) mass is 433 g/mol. The molecule has 166 valence electrons. The Morgan fingerprint density at radius 1 is 1.06 bits per heavy atom. The maximum absolute atomic E-state index is 13.0. The van der Waals surface area contributed by atoms with Crippen molar-refractivity contribution in [3.05, 3.63) is 70.3 Å². The molecular formula is C25H27N3O4. The number of esters is 1. The fourth-order valence-corrected chi connectivity index (χ4v) is 4.05. The Hall–Kier alpha value is -3.48. The zero-order valence-electron chi connectivity index (χ0n) is 18.4. The Morgan fingerprint density at radius 3 is 2.59 bits per heavy atom. The Morgan fingerprint density at radius 2 is 1.81 bits per heavy atom. The summed E-state index contributed by atoms with van der Waals surface area (Å²) in [5.41, 5.74) is 1.39. The normalized spacial score (nSPS) is 14.7. The first kappa shape index (κ1) is 21.7. The summed E-state index contributed by atoms with van der Waals surface area (Å²) in [5, 5.41) is 0.485. The van der Waals surface area contributed by atoms with Gasteiger partial charge in [0.1, 0.15) is 5.82 Å². The van der Waals surface area contributed by atoms with Gasteiger partial charge in [0.25, 0.3) is 11.5 Å². The van der Waals surface area contributed by atoms with Crippen molar-refractivity contribution in [3.63, 3.8) is 0 Å². The van der Waals surface area contributed by atoms with Gasteiger partial charge in [0.15, 0.2) is 6.10 Å². The van der Waals surface area contributed by atoms with Crippen molar-refractivity contribution in [1.29, 1.82) is 0 Å². The summed E-state index contributed by atoms with van der Waals surface area (Å²) in [7, 11) is 1.64. The number of nitrogens with zero attached hydrogens (tertiary/aromatic N) is 3. The number of aryl methyl sites for hydroxylation is 1. The zero-order valence-corrected chi connectivity index (χ0v) is 18.4. The molecule has 1 unspecified atom stereocenters. The predicted molar refractivity (Wildman–Crippen MR) is 123 cm³/mol. The molecule has 1 atom stereocenters. The summed E-state index contributed by atoms with van der Waals surface area (Å²) in [5.74, 6) is -0.188. The molecule has 1 aliphatic heterocycles. The highest BCUT2D eigenvalue weighted by Crippen LogP contribution is 2.18. The van der Waals surface area contributed by atoms with Gasteiger partial charge < -0.3 is 9.64 Å². The van der Waals surface area contributed by atoms with Crippen LogP contribution >= 0.6 is 0 Å². The number of hydrogen-bond donors (Lipinski definition) is 0. The standard InChI is InChI=1S/C25H27N3O4/c1-17(23(29)27(2)19-10-6-5-7-11-19)32-25(31)18-13-14-20-21(16-18)26-22-12-8-3-4-9-15-28(22)24(20)30/h5-7,10-11,13-14,16-17H,3-4,8-9,12,15H2,1-2H3. The summed E-state index contributed by atoms with van der Waals surface area (Å²) in [6.07, 6.45) is 3.99. The fraction of sp³-hybridized carbons (Fsp3) is 0.360. The second kappa shape index (κ2) is 9.34. The molecule has 0 radical (unpaired) electrons. The Balaban J connectivity index is 1.55. The summed E-state index contributed by atoms with van der Waals surface area (Å²) >= 11 is 0. The quantitative estimate of drug-likeness (QED) is 0.586. The molecule has 2 aromatic carbocycles. The lowest BCUT2D eigenvalue weighted by Gasteiger charge is -2.21. The number of carbonyl (C=O) groups excluding carboxylic acids is 2. The van der Waals surface area contributed by atoms with Crippen molar-refractivity contribution in [1.82, 2.24) is 9.55 Å². The third-order valence-electron chi connectivity index (χ3n) is 5.91. The van der Waals surface area contributed by atoms with Crippen LogP contribution in [0.3, 0.4) is 0 Å². The number of fused-ring (bicyclic) bond motifs is 2. The molecule has 32 heavy (non-hydrogen) atoms. The first-order chi connectivity index (χ1) is 15.5. The minimum Gasteiger partial charge on any atom is -0.449 e. The SMILES string of the molecule is CC(OC(=O)c1ccc2c(=O)n3c(nc2c1)CCCCCC3)C(=O)N(C)c1ccccc1. The average molecular weight is 434 g/mol. The molecular weight excluding hydrogens is 406 g/mol. The van der Waals surface area contributed by atoms with Crippen LogP contribution in [0.1, 0.15) is 48.8 Å². The van der Waals surface area contributed by atoms with E-state index in [2.05, 4.69) is 4.98 Å². The van der Waals surface area contributed by atoms with E-state index in [-0.39, 0.29) is 17.0 Å². The van der Waals surface area contributed by atoms with E-state index in [0.717, 1.165) is 37.9 Å². The van der Waals surface area contributed by atoms with Gasteiger partial charge in [0.05, 0.1) is 16.5 Å². The Bertz CT molecular complexity index is 1200. The summed E-state index contributed by atoms with van der Waals surface area (Å²) in [4.78, 5) is 44.5. The van der Waals surface area contributed by atoms with E-state index in [1.165, 1.54) is 4.90 Å². The van der Waals surface area contributed by atoms with Gasteiger partial charge in [-0.15, -0.1) is 0 Å². The Kier molecular flexibility index (Phi) is 6.35. The van der Waals surface area contributed by atoms with Crippen LogP contribution in [0.4, 0.5) is 5.69 Å². The molecule has 0 fully saturated rings. The minimum atomic E-state index is -0.960. The maximum atomic E-state index is 13.0. The number of aromatic nitrogens is 2. The molecule has 2 heterocycles. The second-order valence-corrected chi connectivity index (χ2v) is 8.16. The second-order valence-electron chi connectivity index (χ2n) is 8.16. The molecule has 7 nitrogen and oxygen atoms in total. The molecule has 4 rings (SSSR count). The molecule has 1 amide bonds. The van der Waals surface area contributed by atoms with E-state index in [4.69, 9.17) is 4.74 Å². The van der Waals surface area contributed by atoms with Crippen molar-refractivity contribution in [2.75, 3.05) is 11.9 Å². The van der Waals surface area contributed by atoms with Crippen LogP contribution in [0.5, 0.6) is 0 Å². The molecule has 1 aromatic heterocycles. The van der Waals surface area contributed by atoms with Crippen LogP contribution in [-0.4, -0.2) is 34.6 Å². The van der Waals surface area contributed by atoms with Crippen molar-refractivity contribution < 1.29 is 14.3 Å². The van der Waals surface area contributed by atoms with Crippen molar-refractivity contribution in [2.45, 2.75) is 51.7 Å². The number of carbonyl (C=O) groups is 2. The number of ether oxygens (including phenoxy) is 1. The van der Waals surface area contributed by atoms with Crippen LogP contribution in [0, 0.1) is 0 Å². The highest BCUT2D eigenvalue weighted by molar-refractivity contribution is 5.99. The van der Waals surface area contributed by atoms with Gasteiger partial charge in [-0.3, -0.25) is 14.2 Å². The maximum Gasteiger partial charge on any atom is 0.338 e. The molecule has 1 aliphatic rings. The number of hydrogen-bond acceptors (Lipinski definition) is 5. The molecule has 0 saturated carbocycles. The lowest BCUT2D eigenvalue weighted by atomic mass is 10.1. The summed E-state index contributed by atoms with van der Waals surface area (Å²) in [6, 6.07) is 13.9. The molecule has 0 N–H and O–H groups in total. The van der Waals surface area contributed by atoms with E-state index in [1.807, 2.05) is 30.3 Å². The first-order valence-electron chi connectivity index (χ1n) is 11.0. The van der Waals surface area contributed by atoms with Gasteiger partial charge in [-0.05, 0) is 50.1 Å². The number of benzene rings is 2. The molecule has 3 aromatic rings. The van der Waals surface area contributed by atoms with Crippen molar-refractivity contribution in [2.24, 2.45) is 0 Å². The smallest absolute Gasteiger partial charge is 0.338 e. The van der Waals surface area contributed by atoms with Gasteiger partial charge in [0, 0.05) is 25.7 Å². The van der Waals surface area contributed by atoms with Crippen molar-refractivity contribution >= 4 is 28.5 Å². The van der Waals surface area contributed by atoms with E-state index in [1.54, 1.807) is 36.7 Å². The summed E-state index contributed by atoms with van der Waals surface area (Å²) < 4.78 is 7.19. The highest BCUT2D eigenvalue weighted by atomic mass is 16.5. The van der Waals surface area contributed by atoms with Crippen molar-refractivity contribution in [3.8, 4) is 0 Å². The topological polar surface area (TPSA) is 81.5 Å². The lowest BCUT2D eigenvalue weighted by Crippen LogP contribution is -2.37. The molecule has 7 heteroatoms. The van der Waals surface area contributed by atoms with Crippen LogP contribution in [0.15, 0.2) is 53.3 Å². The molecule has 0 saturated heterocycles. The van der Waals surface area contributed by atoms with E-state index < -0.39 is 12.1 Å². The predicted octanol–water partition coefficient (Wildman–Crippen LogP) is 3.72. The number of rotatable bonds is 4. The first-order valence-corrected chi connectivity index (χ1v) is 11.0. The molecule has 0 spiro atoms. The van der Waals surface area contributed by atoms with E-state index >= 15 is 0 Å². The molecule has 0 aliphatic carbocycles. The average Bonchev–Trinajstić information content (AvgIpc) is 2.79. The highest BCUT2D eigenvalue weighted by Gasteiger charge is 2.23. The van der Waals surface area contributed by atoms with Gasteiger partial charge in [-0.25, -0.2) is 9.78 Å². The van der Waals surface area contributed by atoms with Gasteiger partial charge >= 0.3 is 5.97 Å². The van der Waals surface area contributed by atoms with Gasteiger partial charge in [-0.1, -0.05) is 31.0 Å².